The summed E-state index contributed by atoms with van der Waals surface area (Å²) >= 11 is 0. The van der Waals surface area contributed by atoms with Gasteiger partial charge in [-0.2, -0.15) is 0 Å². The summed E-state index contributed by atoms with van der Waals surface area (Å²) in [4.78, 5) is 13.5. The van der Waals surface area contributed by atoms with Gasteiger partial charge in [0.25, 0.3) is 0 Å². The largest absolute Gasteiger partial charge is 0.485 e. The SMILES string of the molecule is C=CC(C)n1c(C2COc3ccccc3O2)nc2ncc(-c3ccncc3)cc21. The van der Waals surface area contributed by atoms with E-state index in [-0.39, 0.29) is 12.1 Å². The highest BCUT2D eigenvalue weighted by molar-refractivity contribution is 5.79. The highest BCUT2D eigenvalue weighted by atomic mass is 16.6. The lowest BCUT2D eigenvalue weighted by Gasteiger charge is -2.27. The number of hydrogen-bond donors (Lipinski definition) is 0. The van der Waals surface area contributed by atoms with Crippen molar-refractivity contribution in [2.24, 2.45) is 0 Å². The van der Waals surface area contributed by atoms with Gasteiger partial charge in [0.1, 0.15) is 6.61 Å². The van der Waals surface area contributed by atoms with Gasteiger partial charge in [-0.05, 0) is 42.8 Å². The van der Waals surface area contributed by atoms with Crippen LogP contribution in [0.2, 0.25) is 0 Å². The van der Waals surface area contributed by atoms with Gasteiger partial charge in [-0.1, -0.05) is 18.2 Å². The standard InChI is InChI=1S/C23H20N4O2/c1-3-15(2)27-18-12-17(16-8-10-24-11-9-16)13-25-22(18)26-23(27)21-14-28-19-6-4-5-7-20(19)29-21/h3-13,15,21H,1,14H2,2H3. The second-order valence-corrected chi connectivity index (χ2v) is 6.98. The Morgan fingerprint density at radius 3 is 2.72 bits per heavy atom. The minimum absolute atomic E-state index is 0.0188. The van der Waals surface area contributed by atoms with Crippen LogP contribution >= 0.6 is 0 Å². The minimum Gasteiger partial charge on any atom is -0.485 e. The predicted octanol–water partition coefficient (Wildman–Crippen LogP) is 4.75. The monoisotopic (exact) mass is 384 g/mol. The number of allylic oxidation sites excluding steroid dienone is 1. The quantitative estimate of drug-likeness (QED) is 0.475. The first kappa shape index (κ1) is 17.4. The molecule has 144 valence electrons. The highest BCUT2D eigenvalue weighted by Crippen LogP contribution is 2.37. The van der Waals surface area contributed by atoms with Gasteiger partial charge in [0.15, 0.2) is 29.1 Å². The Morgan fingerprint density at radius 2 is 1.93 bits per heavy atom. The first-order valence-corrected chi connectivity index (χ1v) is 9.54. The summed E-state index contributed by atoms with van der Waals surface area (Å²) in [6.07, 6.45) is 6.95. The summed E-state index contributed by atoms with van der Waals surface area (Å²) < 4.78 is 14.3. The van der Waals surface area contributed by atoms with E-state index in [9.17, 15) is 0 Å². The maximum absolute atomic E-state index is 6.22. The number of hydrogen-bond acceptors (Lipinski definition) is 5. The normalized spacial score (nSPS) is 16.5. The zero-order valence-electron chi connectivity index (χ0n) is 16.0. The summed E-state index contributed by atoms with van der Waals surface area (Å²) in [7, 11) is 0. The molecule has 0 saturated heterocycles. The molecule has 0 saturated carbocycles. The van der Waals surface area contributed by atoms with Crippen molar-refractivity contribution in [2.45, 2.75) is 19.1 Å². The zero-order chi connectivity index (χ0) is 19.8. The Kier molecular flexibility index (Phi) is 4.24. The molecular weight excluding hydrogens is 364 g/mol. The fourth-order valence-corrected chi connectivity index (χ4v) is 3.60. The molecular formula is C23H20N4O2. The van der Waals surface area contributed by atoms with Crippen LogP contribution in [0.3, 0.4) is 0 Å². The summed E-state index contributed by atoms with van der Waals surface area (Å²) in [6.45, 7) is 6.44. The number of imidazole rings is 1. The average Bonchev–Trinajstić information content (AvgIpc) is 3.17. The number of ether oxygens (including phenoxy) is 2. The molecule has 1 aliphatic heterocycles. The summed E-state index contributed by atoms with van der Waals surface area (Å²) in [5.41, 5.74) is 3.68. The Labute approximate surface area is 168 Å². The van der Waals surface area contributed by atoms with Crippen molar-refractivity contribution >= 4 is 11.2 Å². The molecule has 0 amide bonds. The van der Waals surface area contributed by atoms with Crippen LogP contribution in [-0.2, 0) is 0 Å². The second kappa shape index (κ2) is 7.05. The zero-order valence-corrected chi connectivity index (χ0v) is 16.0. The molecule has 4 heterocycles. The first-order valence-electron chi connectivity index (χ1n) is 9.54. The molecule has 3 aromatic heterocycles. The van der Waals surface area contributed by atoms with Gasteiger partial charge in [0.05, 0.1) is 11.6 Å². The lowest BCUT2D eigenvalue weighted by Crippen LogP contribution is -2.25. The second-order valence-electron chi connectivity index (χ2n) is 6.98. The number of para-hydroxylation sites is 2. The maximum Gasteiger partial charge on any atom is 0.190 e. The molecule has 6 heteroatoms. The van der Waals surface area contributed by atoms with Crippen molar-refractivity contribution in [2.75, 3.05) is 6.61 Å². The molecule has 1 aliphatic rings. The van der Waals surface area contributed by atoms with Gasteiger partial charge in [-0.25, -0.2) is 9.97 Å². The Hall–Kier alpha value is -3.67. The number of aromatic nitrogens is 4. The fraction of sp³-hybridized carbons (Fsp3) is 0.174. The highest BCUT2D eigenvalue weighted by Gasteiger charge is 2.29. The predicted molar refractivity (Wildman–Crippen MR) is 111 cm³/mol. The van der Waals surface area contributed by atoms with Crippen molar-refractivity contribution in [3.8, 4) is 22.6 Å². The number of rotatable bonds is 4. The van der Waals surface area contributed by atoms with Gasteiger partial charge in [-0.15, -0.1) is 6.58 Å². The van der Waals surface area contributed by atoms with Crippen LogP contribution in [0.25, 0.3) is 22.3 Å². The lowest BCUT2D eigenvalue weighted by atomic mass is 10.1. The van der Waals surface area contributed by atoms with E-state index in [4.69, 9.17) is 14.5 Å². The van der Waals surface area contributed by atoms with Crippen LogP contribution in [0, 0.1) is 0 Å². The van der Waals surface area contributed by atoms with Gasteiger partial charge in [0.2, 0.25) is 0 Å². The van der Waals surface area contributed by atoms with E-state index < -0.39 is 0 Å². The third kappa shape index (κ3) is 3.02. The van der Waals surface area contributed by atoms with Gasteiger partial charge in [-0.3, -0.25) is 4.98 Å². The van der Waals surface area contributed by atoms with Gasteiger partial charge >= 0.3 is 0 Å². The van der Waals surface area contributed by atoms with Crippen molar-refractivity contribution < 1.29 is 9.47 Å². The lowest BCUT2D eigenvalue weighted by molar-refractivity contribution is 0.0824. The van der Waals surface area contributed by atoms with E-state index in [1.807, 2.05) is 48.7 Å². The number of fused-ring (bicyclic) bond motifs is 2. The molecule has 6 nitrogen and oxygen atoms in total. The van der Waals surface area contributed by atoms with Crippen molar-refractivity contribution in [1.82, 2.24) is 19.5 Å². The van der Waals surface area contributed by atoms with Crippen LogP contribution in [0.4, 0.5) is 0 Å². The van der Waals surface area contributed by atoms with Crippen molar-refractivity contribution in [1.29, 1.82) is 0 Å². The van der Waals surface area contributed by atoms with Gasteiger partial charge in [0, 0.05) is 24.2 Å². The van der Waals surface area contributed by atoms with Crippen LogP contribution < -0.4 is 9.47 Å². The maximum atomic E-state index is 6.22. The van der Waals surface area contributed by atoms with Crippen LogP contribution in [-0.4, -0.2) is 26.1 Å². The molecule has 0 fully saturated rings. The van der Waals surface area contributed by atoms with E-state index in [2.05, 4.69) is 34.1 Å². The minimum atomic E-state index is -0.328. The van der Waals surface area contributed by atoms with Crippen LogP contribution in [0.15, 0.2) is 73.7 Å². The molecule has 0 bridgehead atoms. The molecule has 1 aromatic carbocycles. The van der Waals surface area contributed by atoms with E-state index in [0.29, 0.717) is 12.3 Å². The van der Waals surface area contributed by atoms with Crippen molar-refractivity contribution in [3.63, 3.8) is 0 Å². The molecule has 0 aliphatic carbocycles. The number of pyridine rings is 2. The summed E-state index contributed by atoms with van der Waals surface area (Å²) in [6, 6.07) is 13.7. The van der Waals surface area contributed by atoms with E-state index in [1.54, 1.807) is 12.4 Å². The molecule has 5 rings (SSSR count). The Bertz CT molecular complexity index is 1190. The molecule has 4 aromatic rings. The molecule has 2 atom stereocenters. The summed E-state index contributed by atoms with van der Waals surface area (Å²) in [5, 5.41) is 0. The number of benzene rings is 1. The topological polar surface area (TPSA) is 62.1 Å². The molecule has 0 spiro atoms. The summed E-state index contributed by atoms with van der Waals surface area (Å²) in [5.74, 6) is 2.25. The average molecular weight is 384 g/mol. The first-order chi connectivity index (χ1) is 14.2. The smallest absolute Gasteiger partial charge is 0.190 e. The van der Waals surface area contributed by atoms with Crippen LogP contribution in [0.1, 0.15) is 24.9 Å². The molecule has 2 unspecified atom stereocenters. The molecule has 0 radical (unpaired) electrons. The fourth-order valence-electron chi connectivity index (χ4n) is 3.60. The van der Waals surface area contributed by atoms with Gasteiger partial charge < -0.3 is 14.0 Å². The third-order valence-corrected chi connectivity index (χ3v) is 5.13. The molecule has 29 heavy (non-hydrogen) atoms. The van der Waals surface area contributed by atoms with E-state index in [0.717, 1.165) is 34.0 Å². The van der Waals surface area contributed by atoms with E-state index in [1.165, 1.54) is 0 Å². The third-order valence-electron chi connectivity index (χ3n) is 5.13. The Morgan fingerprint density at radius 1 is 1.14 bits per heavy atom. The van der Waals surface area contributed by atoms with Crippen molar-refractivity contribution in [3.05, 3.63) is 79.5 Å². The Balaban J connectivity index is 1.63. The van der Waals surface area contributed by atoms with E-state index >= 15 is 0 Å². The van der Waals surface area contributed by atoms with Crippen LogP contribution in [0.5, 0.6) is 11.5 Å². The molecule has 0 N–H and O–H groups in total. The number of nitrogens with zero attached hydrogens (tertiary/aromatic N) is 4.